The SMILES string of the molecule is COc1cc2c(cc1OCCCOc1cc3c(cc1OC)C(=O)N1C=C(OS(=O)(=O)C(F)(F)F)C[C@H]1C(=O)N3COCC[Si](C)(C)C)N(COCC[Si](C)(C)C)C(=O)[C@@H]1CC(C=CCNC(=O)OCC3c4ccccc4-c4ccccc43)=CN1C2=O. The van der Waals surface area contributed by atoms with Gasteiger partial charge in [0.1, 0.15) is 37.9 Å². The summed E-state index contributed by atoms with van der Waals surface area (Å²) in [5, 5.41) is 2.77. The van der Waals surface area contributed by atoms with E-state index < -0.39 is 79.9 Å². The predicted molar refractivity (Wildman–Crippen MR) is 318 cm³/mol. The van der Waals surface area contributed by atoms with Gasteiger partial charge in [0.25, 0.3) is 23.6 Å². The minimum Gasteiger partial charge on any atom is -0.493 e. The van der Waals surface area contributed by atoms with Gasteiger partial charge in [-0.1, -0.05) is 100.0 Å². The first-order valence-electron chi connectivity index (χ1n) is 28.1. The zero-order valence-electron chi connectivity index (χ0n) is 49.1. The second kappa shape index (κ2) is 25.7. The van der Waals surface area contributed by atoms with Gasteiger partial charge >= 0.3 is 21.7 Å². The molecule has 5 amide bonds. The lowest BCUT2D eigenvalue weighted by atomic mass is 9.98. The lowest BCUT2D eigenvalue weighted by molar-refractivity contribution is -0.123. The third-order valence-electron chi connectivity index (χ3n) is 15.0. The van der Waals surface area contributed by atoms with Crippen LogP contribution in [0.3, 0.4) is 0 Å². The van der Waals surface area contributed by atoms with Crippen LogP contribution in [0.1, 0.15) is 57.0 Å². The number of nitrogens with one attached hydrogen (secondary N) is 1. The van der Waals surface area contributed by atoms with Crippen molar-refractivity contribution < 1.29 is 82.9 Å². The number of amides is 5. The monoisotopic (exact) mass is 1250 g/mol. The Kier molecular flexibility index (Phi) is 18.8. The first-order valence-corrected chi connectivity index (χ1v) is 36.9. The number of fused-ring (bicyclic) bond motifs is 7. The number of hydrogen-bond acceptors (Lipinski definition) is 15. The highest BCUT2D eigenvalue weighted by atomic mass is 32.2. The van der Waals surface area contributed by atoms with Crippen LogP contribution in [0.25, 0.3) is 11.1 Å². The van der Waals surface area contributed by atoms with E-state index in [9.17, 15) is 45.6 Å². The zero-order chi connectivity index (χ0) is 61.9. The third kappa shape index (κ3) is 13.9. The van der Waals surface area contributed by atoms with Crippen molar-refractivity contribution in [1.29, 1.82) is 0 Å². The smallest absolute Gasteiger partial charge is 0.493 e. The maximum Gasteiger partial charge on any atom is 0.534 e. The van der Waals surface area contributed by atoms with Crippen molar-refractivity contribution >= 4 is 67.4 Å². The van der Waals surface area contributed by atoms with E-state index >= 15 is 0 Å². The molecule has 26 heteroatoms. The summed E-state index contributed by atoms with van der Waals surface area (Å²) in [7, 11) is -6.52. The molecular formula is C60H70F3N5O15SSi2. The maximum atomic E-state index is 14.7. The van der Waals surface area contributed by atoms with Gasteiger partial charge in [-0.05, 0) is 52.0 Å². The number of halogens is 3. The van der Waals surface area contributed by atoms with E-state index in [2.05, 4.69) is 60.9 Å². The van der Waals surface area contributed by atoms with Gasteiger partial charge in [0.05, 0.1) is 49.9 Å². The van der Waals surface area contributed by atoms with Gasteiger partial charge in [-0.15, -0.1) is 0 Å². The molecule has 0 saturated carbocycles. The molecule has 1 N–H and O–H groups in total. The Labute approximate surface area is 499 Å². The maximum absolute atomic E-state index is 14.7. The van der Waals surface area contributed by atoms with Crippen LogP contribution >= 0.6 is 0 Å². The summed E-state index contributed by atoms with van der Waals surface area (Å²) >= 11 is 0. The number of carbonyl (C=O) groups excluding carboxylic acids is 5. The molecule has 0 bridgehead atoms. The highest BCUT2D eigenvalue weighted by molar-refractivity contribution is 7.87. The van der Waals surface area contributed by atoms with E-state index in [-0.39, 0.29) is 117 Å². The van der Waals surface area contributed by atoms with Crippen molar-refractivity contribution in [2.45, 2.75) is 94.1 Å². The molecule has 86 heavy (non-hydrogen) atoms. The molecule has 4 aliphatic heterocycles. The normalized spacial score (nSPS) is 17.7. The van der Waals surface area contributed by atoms with Crippen LogP contribution in [0.2, 0.25) is 51.4 Å². The average Bonchev–Trinajstić information content (AvgIpc) is 1.94. The number of benzene rings is 4. The molecule has 0 spiro atoms. The summed E-state index contributed by atoms with van der Waals surface area (Å²) in [5.74, 6) is -2.74. The molecule has 20 nitrogen and oxygen atoms in total. The first kappa shape index (κ1) is 62.9. The number of hydrogen-bond donors (Lipinski definition) is 1. The standard InChI is InChI=1S/C60H70F3N5O15SSi2/c1-76-51-29-44-47(67(36-78-23-25-85(3,4)5)57(71)49-27-38(33-65(49)55(44)69)15-13-20-64-59(73)82-35-46-42-18-11-9-16-40(42)41-17-10-12-19-43(41)46)31-53(51)80-21-14-22-81-54-32-48-45(30-52(54)77-2)56(70)66-34-39(83-84(74,75)60(61,62)63)28-50(66)58(72)68(48)37-79-24-26-86(6,7)8/h9-13,15-19,29-34,46,49-50H,14,20-28,35-37H2,1-8H3,(H,64,73)/t49-,50-/m0/s1. The van der Waals surface area contributed by atoms with E-state index in [0.717, 1.165) is 50.3 Å². The van der Waals surface area contributed by atoms with Crippen molar-refractivity contribution in [2.24, 2.45) is 0 Å². The Morgan fingerprint density at radius 2 is 1.15 bits per heavy atom. The first-order chi connectivity index (χ1) is 40.8. The van der Waals surface area contributed by atoms with Crippen LogP contribution in [-0.4, -0.2) is 149 Å². The van der Waals surface area contributed by atoms with Gasteiger partial charge in [-0.2, -0.15) is 21.6 Å². The van der Waals surface area contributed by atoms with E-state index in [0.29, 0.717) is 12.2 Å². The highest BCUT2D eigenvalue weighted by Crippen LogP contribution is 2.46. The van der Waals surface area contributed by atoms with Gasteiger partial charge in [0.15, 0.2) is 23.0 Å². The van der Waals surface area contributed by atoms with E-state index in [1.54, 1.807) is 24.4 Å². The number of methoxy groups -OCH3 is 2. The Bertz CT molecular complexity index is 3450. The lowest BCUT2D eigenvalue weighted by Gasteiger charge is -2.27. The molecule has 0 radical (unpaired) electrons. The predicted octanol–water partition coefficient (Wildman–Crippen LogP) is 9.98. The fourth-order valence-electron chi connectivity index (χ4n) is 10.5. The number of ether oxygens (including phenoxy) is 7. The van der Waals surface area contributed by atoms with Gasteiger partial charge in [-0.3, -0.25) is 33.9 Å². The highest BCUT2D eigenvalue weighted by Gasteiger charge is 2.51. The van der Waals surface area contributed by atoms with E-state index in [1.165, 1.54) is 42.2 Å². The van der Waals surface area contributed by atoms with E-state index in [1.807, 2.05) is 36.4 Å². The van der Waals surface area contributed by atoms with Gasteiger partial charge < -0.3 is 47.6 Å². The van der Waals surface area contributed by atoms with Crippen molar-refractivity contribution in [3.05, 3.63) is 131 Å². The van der Waals surface area contributed by atoms with E-state index in [4.69, 9.17) is 33.2 Å². The molecule has 0 aromatic heterocycles. The van der Waals surface area contributed by atoms with Crippen molar-refractivity contribution in [3.63, 3.8) is 0 Å². The van der Waals surface area contributed by atoms with Crippen molar-refractivity contribution in [3.8, 4) is 34.1 Å². The molecule has 0 fully saturated rings. The molecule has 460 valence electrons. The number of alkyl halides is 3. The summed E-state index contributed by atoms with van der Waals surface area (Å²) in [4.78, 5) is 75.5. The number of allylic oxidation sites excluding steroid dienone is 1. The minimum atomic E-state index is -6.11. The van der Waals surface area contributed by atoms with Gasteiger partial charge in [0.2, 0.25) is 0 Å². The molecule has 0 unspecified atom stereocenters. The molecule has 4 aromatic rings. The van der Waals surface area contributed by atoms with Crippen LogP contribution in [0.5, 0.6) is 23.0 Å². The topological polar surface area (TPSA) is 218 Å². The van der Waals surface area contributed by atoms with Crippen LogP contribution < -0.4 is 34.1 Å². The summed E-state index contributed by atoms with van der Waals surface area (Å²) in [6.07, 6.45) is 5.07. The number of nitrogens with zero attached hydrogens (tertiary/aromatic N) is 4. The summed E-state index contributed by atoms with van der Waals surface area (Å²) in [6.45, 7) is 13.5. The second-order valence-corrected chi connectivity index (χ2v) is 36.4. The number of alkyl carbamates (subject to hydrolysis) is 1. The van der Waals surface area contributed by atoms with Crippen LogP contribution in [0.4, 0.5) is 29.3 Å². The van der Waals surface area contributed by atoms with Crippen molar-refractivity contribution in [2.75, 3.05) is 77.1 Å². The molecule has 5 aliphatic rings. The third-order valence-corrected chi connectivity index (χ3v) is 19.4. The number of rotatable bonds is 25. The zero-order valence-corrected chi connectivity index (χ0v) is 51.9. The molecule has 1 aliphatic carbocycles. The summed E-state index contributed by atoms with van der Waals surface area (Å²) in [6, 6.07) is 21.1. The van der Waals surface area contributed by atoms with Gasteiger partial charge in [-0.25, -0.2) is 4.79 Å². The Morgan fingerprint density at radius 1 is 0.663 bits per heavy atom. The fraction of sp³-hybridized carbons (Fsp3) is 0.417. The largest absolute Gasteiger partial charge is 0.534 e. The lowest BCUT2D eigenvalue weighted by Crippen LogP contribution is -2.45. The Morgan fingerprint density at radius 3 is 1.64 bits per heavy atom. The Hall–Kier alpha value is -7.66. The molecule has 4 aromatic carbocycles. The Balaban J connectivity index is 0.877. The number of anilines is 2. The molecule has 0 saturated heterocycles. The fourth-order valence-corrected chi connectivity index (χ4v) is 12.5. The van der Waals surface area contributed by atoms with Crippen LogP contribution in [0.15, 0.2) is 109 Å². The van der Waals surface area contributed by atoms with Crippen molar-refractivity contribution in [1.82, 2.24) is 15.1 Å². The minimum absolute atomic E-state index is 0.0118. The summed E-state index contributed by atoms with van der Waals surface area (Å²) < 4.78 is 110. The average molecular weight is 1250 g/mol. The number of carbonyl (C=O) groups is 5. The van der Waals surface area contributed by atoms with Crippen LogP contribution in [-0.2, 0) is 38.1 Å². The summed E-state index contributed by atoms with van der Waals surface area (Å²) in [5.41, 5.74) is -0.271. The molecule has 4 heterocycles. The second-order valence-electron chi connectivity index (χ2n) is 23.6. The molecule has 9 rings (SSSR count). The molecular weight excluding hydrogens is 1180 g/mol. The van der Waals surface area contributed by atoms with Crippen LogP contribution in [0, 0.1) is 0 Å². The quantitative estimate of drug-likeness (QED) is 0.0282. The molecule has 2 atom stereocenters. The van der Waals surface area contributed by atoms with Gasteiger partial charge in [0, 0.05) is 85.6 Å².